The second-order valence-corrected chi connectivity index (χ2v) is 11.6. The molecule has 2 heteroatoms. The molecule has 0 radical (unpaired) electrons. The van der Waals surface area contributed by atoms with Gasteiger partial charge in [-0.15, -0.1) is 0 Å². The van der Waals surface area contributed by atoms with Crippen LogP contribution in [0.5, 0.6) is 0 Å². The van der Waals surface area contributed by atoms with E-state index in [4.69, 9.17) is 4.74 Å². The minimum atomic E-state index is -1.09. The Hall–Kier alpha value is 0.177. The van der Waals surface area contributed by atoms with Crippen LogP contribution in [0.4, 0.5) is 0 Å². The molecule has 1 unspecified atom stereocenters. The van der Waals surface area contributed by atoms with Gasteiger partial charge >= 0.3 is 0 Å². The molecular weight excluding hydrogens is 176 g/mol. The molecule has 1 rings (SSSR count). The second-order valence-electron chi connectivity index (χ2n) is 5.97. The van der Waals surface area contributed by atoms with Crippen molar-refractivity contribution in [2.45, 2.75) is 63.9 Å². The molecule has 1 fully saturated rings. The minimum Gasteiger partial charge on any atom is -0.379 e. The van der Waals surface area contributed by atoms with Gasteiger partial charge in [-0.3, -0.25) is 0 Å². The quantitative estimate of drug-likeness (QED) is 0.618. The Morgan fingerprint density at radius 3 is 2.31 bits per heavy atom. The van der Waals surface area contributed by atoms with E-state index in [-0.39, 0.29) is 0 Å². The Kier molecular flexibility index (Phi) is 3.23. The topological polar surface area (TPSA) is 9.23 Å². The van der Waals surface area contributed by atoms with Crippen LogP contribution in [-0.2, 0) is 4.74 Å². The van der Waals surface area contributed by atoms with E-state index in [0.29, 0.717) is 11.1 Å². The summed E-state index contributed by atoms with van der Waals surface area (Å²) in [5, 5.41) is 0.513. The molecule has 1 aliphatic rings. The zero-order valence-corrected chi connectivity index (χ0v) is 10.8. The van der Waals surface area contributed by atoms with Crippen molar-refractivity contribution in [3.63, 3.8) is 0 Å². The summed E-state index contributed by atoms with van der Waals surface area (Å²) in [5.74, 6) is 0. The Morgan fingerprint density at radius 2 is 1.92 bits per heavy atom. The van der Waals surface area contributed by atoms with Crippen molar-refractivity contribution in [2.75, 3.05) is 6.61 Å². The fourth-order valence-corrected chi connectivity index (χ4v) is 3.75. The summed E-state index contributed by atoms with van der Waals surface area (Å²) in [5.41, 5.74) is 0. The zero-order chi connectivity index (χ0) is 10.1. The molecule has 0 amide bonds. The molecule has 1 nitrogen and oxygen atoms in total. The first-order valence-corrected chi connectivity index (χ1v) is 8.65. The lowest BCUT2D eigenvalue weighted by Crippen LogP contribution is -2.40. The van der Waals surface area contributed by atoms with Crippen LogP contribution in [-0.4, -0.2) is 20.8 Å². The largest absolute Gasteiger partial charge is 0.379 e. The van der Waals surface area contributed by atoms with Crippen LogP contribution in [0.2, 0.25) is 24.2 Å². The molecule has 0 aliphatic carbocycles. The highest BCUT2D eigenvalue weighted by Gasteiger charge is 2.37. The van der Waals surface area contributed by atoms with Crippen molar-refractivity contribution in [2.24, 2.45) is 0 Å². The number of hydrogen-bond donors (Lipinski definition) is 0. The van der Waals surface area contributed by atoms with E-state index in [9.17, 15) is 0 Å². The second kappa shape index (κ2) is 3.74. The van der Waals surface area contributed by atoms with Crippen LogP contribution in [0.15, 0.2) is 0 Å². The average Bonchev–Trinajstić information content (AvgIpc) is 2.35. The third-order valence-corrected chi connectivity index (χ3v) is 9.33. The predicted molar refractivity (Wildman–Crippen MR) is 61.0 cm³/mol. The number of rotatable bonds is 2. The first-order valence-electron chi connectivity index (χ1n) is 5.44. The summed E-state index contributed by atoms with van der Waals surface area (Å²) >= 11 is 0. The first kappa shape index (κ1) is 11.3. The summed E-state index contributed by atoms with van der Waals surface area (Å²) in [6.07, 6.45) is 3.16. The molecule has 1 heterocycles. The van der Waals surface area contributed by atoms with Crippen molar-refractivity contribution in [1.29, 1.82) is 0 Å². The molecule has 1 saturated heterocycles. The van der Waals surface area contributed by atoms with Gasteiger partial charge in [-0.2, -0.15) is 0 Å². The molecule has 1 aliphatic heterocycles. The average molecular weight is 200 g/mol. The van der Waals surface area contributed by atoms with Crippen LogP contribution >= 0.6 is 0 Å². The van der Waals surface area contributed by atoms with Gasteiger partial charge < -0.3 is 4.74 Å². The fourth-order valence-electron chi connectivity index (χ4n) is 1.68. The Bertz CT molecular complexity index is 163. The number of ether oxygens (including phenoxy) is 1. The van der Waals surface area contributed by atoms with Gasteiger partial charge in [0.1, 0.15) is 0 Å². The van der Waals surface area contributed by atoms with E-state index < -0.39 is 8.07 Å². The minimum absolute atomic E-state index is 0.513. The van der Waals surface area contributed by atoms with E-state index in [1.165, 1.54) is 18.9 Å². The molecule has 13 heavy (non-hydrogen) atoms. The van der Waals surface area contributed by atoms with E-state index in [2.05, 4.69) is 33.9 Å². The van der Waals surface area contributed by atoms with Crippen LogP contribution in [0.1, 0.15) is 33.6 Å². The van der Waals surface area contributed by atoms with Crippen molar-refractivity contribution in [1.82, 2.24) is 0 Å². The highest BCUT2D eigenvalue weighted by Crippen LogP contribution is 2.40. The van der Waals surface area contributed by atoms with Gasteiger partial charge in [0.25, 0.3) is 0 Å². The van der Waals surface area contributed by atoms with Crippen LogP contribution in [0.3, 0.4) is 0 Å². The van der Waals surface area contributed by atoms with Gasteiger partial charge in [0.2, 0.25) is 0 Å². The maximum Gasteiger partial charge on any atom is 0.0553 e. The van der Waals surface area contributed by atoms with Crippen LogP contribution in [0, 0.1) is 0 Å². The smallest absolute Gasteiger partial charge is 0.0553 e. The van der Waals surface area contributed by atoms with Crippen LogP contribution in [0.25, 0.3) is 0 Å². The van der Waals surface area contributed by atoms with E-state index in [0.717, 1.165) is 6.61 Å². The first-order chi connectivity index (χ1) is 5.83. The summed E-state index contributed by atoms with van der Waals surface area (Å²) in [6, 6.07) is 1.34. The van der Waals surface area contributed by atoms with E-state index in [1.807, 2.05) is 0 Å². The van der Waals surface area contributed by atoms with Gasteiger partial charge in [-0.05, 0) is 23.9 Å². The van der Waals surface area contributed by atoms with Crippen molar-refractivity contribution in [3.05, 3.63) is 0 Å². The lowest BCUT2D eigenvalue weighted by atomic mass is 10.2. The van der Waals surface area contributed by atoms with E-state index >= 15 is 0 Å². The summed E-state index contributed by atoms with van der Waals surface area (Å²) in [7, 11) is -1.09. The molecule has 1 atom stereocenters. The molecular formula is C11H24OSi. The summed E-state index contributed by atoms with van der Waals surface area (Å²) < 4.78 is 5.72. The standard InChI is InChI=1S/C11H24OSi/c1-11(2,3)13(4,5)9-10-7-6-8-12-10/h10H,6-9H2,1-5H3. The predicted octanol–water partition coefficient (Wildman–Crippen LogP) is 3.67. The third kappa shape index (κ3) is 2.81. The lowest BCUT2D eigenvalue weighted by molar-refractivity contribution is 0.123. The van der Waals surface area contributed by atoms with Crippen LogP contribution < -0.4 is 0 Å². The lowest BCUT2D eigenvalue weighted by Gasteiger charge is -2.38. The van der Waals surface area contributed by atoms with Gasteiger partial charge in [0.15, 0.2) is 0 Å². The maximum atomic E-state index is 5.72. The molecule has 0 aromatic carbocycles. The molecule has 0 N–H and O–H groups in total. The number of hydrogen-bond acceptors (Lipinski definition) is 1. The Morgan fingerprint density at radius 1 is 1.31 bits per heavy atom. The normalized spacial score (nSPS) is 25.2. The molecule has 0 bridgehead atoms. The molecule has 78 valence electrons. The van der Waals surface area contributed by atoms with Gasteiger partial charge in [-0.1, -0.05) is 33.9 Å². The Balaban J connectivity index is 2.50. The SMILES string of the molecule is CC(C)(C)[Si](C)(C)CC1CCCO1. The van der Waals surface area contributed by atoms with Gasteiger partial charge in [-0.25, -0.2) is 0 Å². The van der Waals surface area contributed by atoms with E-state index in [1.54, 1.807) is 0 Å². The van der Waals surface area contributed by atoms with Gasteiger partial charge in [0.05, 0.1) is 14.2 Å². The molecule has 0 aromatic rings. The molecule has 0 spiro atoms. The molecule has 0 saturated carbocycles. The van der Waals surface area contributed by atoms with Crippen molar-refractivity contribution < 1.29 is 4.74 Å². The summed E-state index contributed by atoms with van der Waals surface area (Å²) in [4.78, 5) is 0. The Labute approximate surface area is 83.9 Å². The summed E-state index contributed by atoms with van der Waals surface area (Å²) in [6.45, 7) is 13.1. The fraction of sp³-hybridized carbons (Fsp3) is 1.00. The van der Waals surface area contributed by atoms with Crippen molar-refractivity contribution >= 4 is 8.07 Å². The highest BCUT2D eigenvalue weighted by molar-refractivity contribution is 6.80. The highest BCUT2D eigenvalue weighted by atomic mass is 28.3. The van der Waals surface area contributed by atoms with Gasteiger partial charge in [0, 0.05) is 6.61 Å². The molecule has 0 aromatic heterocycles. The monoisotopic (exact) mass is 200 g/mol. The maximum absolute atomic E-state index is 5.72. The third-order valence-electron chi connectivity index (χ3n) is 3.79. The zero-order valence-electron chi connectivity index (χ0n) is 9.81. The van der Waals surface area contributed by atoms with Crippen molar-refractivity contribution in [3.8, 4) is 0 Å².